The summed E-state index contributed by atoms with van der Waals surface area (Å²) in [6, 6.07) is 16.7. The summed E-state index contributed by atoms with van der Waals surface area (Å²) >= 11 is 2.53. The SMILES string of the molecule is O=C1C2=C(c3ccc(-c4ccc(C(F)(F)F)cc4)s3)N(CCCCCCN(CCO)CCO)C(=O)C2=C(c2ccc(-c3ccc(C(F)(F)F)cc3)s2)N1CCCCCCN(CCO)CCO. The van der Waals surface area contributed by atoms with Crippen LogP contribution in [0.15, 0.2) is 83.9 Å². The normalized spacial score (nSPS) is 14.7. The summed E-state index contributed by atoms with van der Waals surface area (Å²) in [5.74, 6) is -0.741. The summed E-state index contributed by atoms with van der Waals surface area (Å²) in [4.78, 5) is 39.6. The number of aliphatic hydroxyl groups is 4. The van der Waals surface area contributed by atoms with Gasteiger partial charge in [-0.1, -0.05) is 49.9 Å². The van der Waals surface area contributed by atoms with Gasteiger partial charge in [-0.2, -0.15) is 26.3 Å². The number of benzene rings is 2. The van der Waals surface area contributed by atoms with Gasteiger partial charge in [0, 0.05) is 49.0 Å². The number of aliphatic hydroxyl groups excluding tert-OH is 4. The van der Waals surface area contributed by atoms with Crippen LogP contribution >= 0.6 is 22.7 Å². The summed E-state index contributed by atoms with van der Waals surface area (Å²) in [5, 5.41) is 37.6. The molecule has 2 aromatic carbocycles. The van der Waals surface area contributed by atoms with E-state index in [2.05, 4.69) is 0 Å². The standard InChI is InChI=1S/C48H56F6N4O6S2/c49-47(50,51)35-13-9-33(10-14-35)37-17-19-39(65-37)43-41-42(45(63)57(43)23-7-3-1-5-21-55(25-29-59)26-30-60)44(40-20-18-38(66-40)34-11-15-36(16-12-34)48(52,53)54)58(46(41)64)24-8-4-2-6-22-56(27-31-61)28-32-62/h9-20,59-62H,1-8,21-32H2. The van der Waals surface area contributed by atoms with Gasteiger partial charge in [-0.25, -0.2) is 0 Å². The monoisotopic (exact) mass is 962 g/mol. The van der Waals surface area contributed by atoms with E-state index in [1.807, 2.05) is 9.80 Å². The summed E-state index contributed by atoms with van der Waals surface area (Å²) in [6.45, 7) is 3.61. The Bertz CT molecular complexity index is 2120. The second kappa shape index (κ2) is 23.6. The molecule has 4 aromatic rings. The van der Waals surface area contributed by atoms with Gasteiger partial charge < -0.3 is 30.2 Å². The van der Waals surface area contributed by atoms with Crippen molar-refractivity contribution < 1.29 is 56.4 Å². The van der Waals surface area contributed by atoms with E-state index in [0.717, 1.165) is 62.8 Å². The Labute approximate surface area is 388 Å². The van der Waals surface area contributed by atoms with Crippen LogP contribution in [0.5, 0.6) is 0 Å². The number of rotatable bonds is 26. The van der Waals surface area contributed by atoms with Crippen molar-refractivity contribution in [1.82, 2.24) is 19.6 Å². The quantitative estimate of drug-likeness (QED) is 0.0364. The molecule has 2 aromatic heterocycles. The van der Waals surface area contributed by atoms with Gasteiger partial charge in [0.1, 0.15) is 0 Å². The van der Waals surface area contributed by atoms with E-state index in [0.29, 0.717) is 94.1 Å². The molecule has 10 nitrogen and oxygen atoms in total. The van der Waals surface area contributed by atoms with Gasteiger partial charge in [0.05, 0.1) is 69.8 Å². The van der Waals surface area contributed by atoms with Crippen LogP contribution in [0.2, 0.25) is 0 Å². The molecule has 66 heavy (non-hydrogen) atoms. The van der Waals surface area contributed by atoms with Crippen LogP contribution in [0.1, 0.15) is 72.2 Å². The number of amides is 2. The minimum atomic E-state index is -4.51. The van der Waals surface area contributed by atoms with E-state index >= 15 is 0 Å². The second-order valence-electron chi connectivity index (χ2n) is 16.2. The molecule has 0 spiro atoms. The zero-order chi connectivity index (χ0) is 47.4. The van der Waals surface area contributed by atoms with Gasteiger partial charge in [-0.05, 0) is 98.4 Å². The third-order valence-corrected chi connectivity index (χ3v) is 14.0. The van der Waals surface area contributed by atoms with Gasteiger partial charge in [0.25, 0.3) is 11.8 Å². The zero-order valence-corrected chi connectivity index (χ0v) is 38.2. The van der Waals surface area contributed by atoms with E-state index in [-0.39, 0.29) is 62.5 Å². The average Bonchev–Trinajstić information content (AvgIpc) is 4.08. The van der Waals surface area contributed by atoms with Gasteiger partial charge in [-0.3, -0.25) is 19.4 Å². The fourth-order valence-corrected chi connectivity index (χ4v) is 10.5. The van der Waals surface area contributed by atoms with Crippen molar-refractivity contribution in [2.75, 3.05) is 78.8 Å². The Hall–Kier alpha value is -4.40. The van der Waals surface area contributed by atoms with Gasteiger partial charge in [0.2, 0.25) is 0 Å². The fourth-order valence-electron chi connectivity index (χ4n) is 8.38. The Morgan fingerprint density at radius 3 is 1.06 bits per heavy atom. The predicted molar refractivity (Wildman–Crippen MR) is 245 cm³/mol. The molecule has 2 amide bonds. The number of hydrogen-bond donors (Lipinski definition) is 4. The third kappa shape index (κ3) is 12.6. The molecule has 6 rings (SSSR count). The number of alkyl halides is 6. The molecule has 0 fully saturated rings. The highest BCUT2D eigenvalue weighted by molar-refractivity contribution is 7.17. The maximum absolute atomic E-state index is 15.0. The van der Waals surface area contributed by atoms with Gasteiger partial charge in [0.15, 0.2) is 0 Å². The van der Waals surface area contributed by atoms with E-state index in [1.165, 1.54) is 46.9 Å². The van der Waals surface area contributed by atoms with E-state index in [4.69, 9.17) is 0 Å². The summed E-state index contributed by atoms with van der Waals surface area (Å²) in [5.41, 5.74) is 0.820. The molecule has 2 aliphatic rings. The molecule has 0 aliphatic carbocycles. The Balaban J connectivity index is 1.34. The Morgan fingerprint density at radius 2 is 0.742 bits per heavy atom. The lowest BCUT2D eigenvalue weighted by molar-refractivity contribution is -0.138. The fraction of sp³-hybridized carbons (Fsp3) is 0.458. The van der Waals surface area contributed by atoms with Crippen molar-refractivity contribution in [2.45, 2.75) is 63.7 Å². The minimum Gasteiger partial charge on any atom is -0.395 e. The van der Waals surface area contributed by atoms with E-state index < -0.39 is 23.5 Å². The first-order valence-corrected chi connectivity index (χ1v) is 23.9. The highest BCUT2D eigenvalue weighted by Crippen LogP contribution is 2.50. The van der Waals surface area contributed by atoms with Crippen LogP contribution in [0.4, 0.5) is 26.3 Å². The molecule has 18 heteroatoms. The number of nitrogens with zero attached hydrogens (tertiary/aromatic N) is 4. The molecular weight excluding hydrogens is 907 g/mol. The Morgan fingerprint density at radius 1 is 0.424 bits per heavy atom. The first kappa shape index (κ1) is 51.0. The molecule has 0 radical (unpaired) electrons. The van der Waals surface area contributed by atoms with Crippen molar-refractivity contribution in [2.24, 2.45) is 0 Å². The van der Waals surface area contributed by atoms with Crippen molar-refractivity contribution in [3.05, 3.63) is 105 Å². The largest absolute Gasteiger partial charge is 0.416 e. The van der Waals surface area contributed by atoms with Crippen LogP contribution < -0.4 is 0 Å². The number of carbonyl (C=O) groups is 2. The second-order valence-corrected chi connectivity index (χ2v) is 18.4. The molecule has 0 unspecified atom stereocenters. The van der Waals surface area contributed by atoms with Crippen molar-refractivity contribution in [3.63, 3.8) is 0 Å². The molecule has 4 N–H and O–H groups in total. The molecule has 4 heterocycles. The molecular formula is C48H56F6N4O6S2. The van der Waals surface area contributed by atoms with Crippen molar-refractivity contribution in [3.8, 4) is 20.9 Å². The van der Waals surface area contributed by atoms with Crippen molar-refractivity contribution >= 4 is 45.9 Å². The van der Waals surface area contributed by atoms with Gasteiger partial charge >= 0.3 is 12.4 Å². The number of thiophene rings is 2. The lowest BCUT2D eigenvalue weighted by Gasteiger charge is -2.24. The van der Waals surface area contributed by atoms with Crippen LogP contribution in [-0.4, -0.2) is 131 Å². The number of carbonyl (C=O) groups excluding carboxylic acids is 2. The predicted octanol–water partition coefficient (Wildman–Crippen LogP) is 8.68. The number of unbranched alkanes of at least 4 members (excludes halogenated alkanes) is 6. The first-order valence-electron chi connectivity index (χ1n) is 22.3. The van der Waals surface area contributed by atoms with E-state index in [1.54, 1.807) is 34.1 Å². The highest BCUT2D eigenvalue weighted by atomic mass is 32.1. The molecule has 2 aliphatic heterocycles. The topological polar surface area (TPSA) is 128 Å². The zero-order valence-electron chi connectivity index (χ0n) is 36.5. The van der Waals surface area contributed by atoms with E-state index in [9.17, 15) is 56.4 Å². The summed E-state index contributed by atoms with van der Waals surface area (Å²) in [7, 11) is 0. The van der Waals surface area contributed by atoms with Gasteiger partial charge in [-0.15, -0.1) is 22.7 Å². The summed E-state index contributed by atoms with van der Waals surface area (Å²) in [6.07, 6.45) is -3.14. The van der Waals surface area contributed by atoms with Crippen LogP contribution in [0, 0.1) is 0 Å². The number of fused-ring (bicyclic) bond motifs is 1. The molecule has 0 atom stereocenters. The van der Waals surface area contributed by atoms with Crippen LogP contribution in [0.3, 0.4) is 0 Å². The van der Waals surface area contributed by atoms with Crippen molar-refractivity contribution in [1.29, 1.82) is 0 Å². The number of hydrogen-bond acceptors (Lipinski definition) is 10. The van der Waals surface area contributed by atoms with Crippen LogP contribution in [0.25, 0.3) is 32.3 Å². The molecule has 0 bridgehead atoms. The molecule has 0 saturated heterocycles. The minimum absolute atomic E-state index is 0.0231. The smallest absolute Gasteiger partial charge is 0.395 e. The number of halogens is 6. The Kier molecular flexibility index (Phi) is 18.2. The average molecular weight is 963 g/mol. The highest BCUT2D eigenvalue weighted by Gasteiger charge is 2.49. The lowest BCUT2D eigenvalue weighted by Crippen LogP contribution is -2.31. The molecule has 0 saturated carbocycles. The first-order chi connectivity index (χ1) is 31.7. The third-order valence-electron chi connectivity index (χ3n) is 11.7. The maximum Gasteiger partial charge on any atom is 0.416 e. The molecule has 358 valence electrons. The summed E-state index contributed by atoms with van der Waals surface area (Å²) < 4.78 is 80.6. The van der Waals surface area contributed by atoms with Crippen LogP contribution in [-0.2, 0) is 21.9 Å². The maximum atomic E-state index is 15.0. The lowest BCUT2D eigenvalue weighted by atomic mass is 10.1.